The van der Waals surface area contributed by atoms with E-state index < -0.39 is 0 Å². The minimum atomic E-state index is -0.0414. The molecule has 0 aliphatic carbocycles. The van der Waals surface area contributed by atoms with Crippen molar-refractivity contribution in [3.05, 3.63) is 89.6 Å². The number of nitrogens with two attached hydrogens (primary N) is 1. The average molecular weight is 600 g/mol. The van der Waals surface area contributed by atoms with E-state index in [1.165, 1.54) is 11.9 Å². The molecule has 4 aromatic heterocycles. The Hall–Kier alpha value is -5.36. The third-order valence-corrected chi connectivity index (χ3v) is 8.96. The largest absolute Gasteiger partial charge is 0.383 e. The number of likely N-dealkylation sites (N-methyl/N-ethyl adjacent to an activating group) is 1. The van der Waals surface area contributed by atoms with Crippen LogP contribution in [0, 0.1) is 0 Å². The first-order chi connectivity index (χ1) is 22.0. The Labute approximate surface area is 259 Å². The second kappa shape index (κ2) is 11.0. The lowest BCUT2D eigenvalue weighted by atomic mass is 9.97. The first-order valence-corrected chi connectivity index (χ1v) is 15.2. The van der Waals surface area contributed by atoms with Crippen LogP contribution in [0.15, 0.2) is 67.4 Å². The van der Waals surface area contributed by atoms with Crippen LogP contribution in [0.25, 0.3) is 33.2 Å². The van der Waals surface area contributed by atoms with Crippen LogP contribution in [-0.2, 0) is 19.5 Å². The smallest absolute Gasteiger partial charge is 0.257 e. The molecule has 2 aliphatic rings. The van der Waals surface area contributed by atoms with Crippen LogP contribution >= 0.6 is 0 Å². The maximum atomic E-state index is 13.4. The number of amides is 1. The summed E-state index contributed by atoms with van der Waals surface area (Å²) in [7, 11) is 2.12. The SMILES string of the molecule is CN1CCN(c2ncc(C(=O)N3CCc4cc(Cn5nc(-c6ccc7[nH]ccc7c6)c6c(N)ncnc65)ccc4C3)cn2)CC1. The van der Waals surface area contributed by atoms with Gasteiger partial charge in [0.2, 0.25) is 5.95 Å². The number of nitrogens with zero attached hydrogens (tertiary/aromatic N) is 9. The first kappa shape index (κ1) is 27.2. The Bertz CT molecular complexity index is 2040. The van der Waals surface area contributed by atoms with Gasteiger partial charge in [0, 0.05) is 74.3 Å². The second-order valence-corrected chi connectivity index (χ2v) is 11.9. The van der Waals surface area contributed by atoms with Crippen molar-refractivity contribution in [2.45, 2.75) is 19.5 Å². The Balaban J connectivity index is 1.00. The van der Waals surface area contributed by atoms with Gasteiger partial charge in [-0.3, -0.25) is 4.79 Å². The lowest BCUT2D eigenvalue weighted by Gasteiger charge is -2.32. The fraction of sp³-hybridized carbons (Fsp3) is 0.273. The van der Waals surface area contributed by atoms with Crippen molar-refractivity contribution in [1.29, 1.82) is 0 Å². The molecule has 1 saturated heterocycles. The van der Waals surface area contributed by atoms with Crippen LogP contribution in [0.3, 0.4) is 0 Å². The topological polar surface area (TPSA) is 138 Å². The van der Waals surface area contributed by atoms with Crippen molar-refractivity contribution in [3.8, 4) is 11.3 Å². The number of fused-ring (bicyclic) bond motifs is 3. The molecule has 1 amide bonds. The molecule has 8 rings (SSSR count). The van der Waals surface area contributed by atoms with Crippen LogP contribution in [0.2, 0.25) is 0 Å². The maximum absolute atomic E-state index is 13.4. The maximum Gasteiger partial charge on any atom is 0.257 e. The fourth-order valence-electron chi connectivity index (χ4n) is 6.38. The van der Waals surface area contributed by atoms with Crippen molar-refractivity contribution in [1.82, 2.24) is 44.5 Å². The minimum absolute atomic E-state index is 0.0414. The molecule has 12 heteroatoms. The zero-order valence-corrected chi connectivity index (χ0v) is 25.0. The number of benzene rings is 2. The molecule has 0 saturated carbocycles. The highest BCUT2D eigenvalue weighted by molar-refractivity contribution is 6.00. The number of piperazine rings is 1. The predicted octanol–water partition coefficient (Wildman–Crippen LogP) is 3.35. The van der Waals surface area contributed by atoms with E-state index in [1.807, 2.05) is 34.0 Å². The number of aromatic nitrogens is 7. The Kier molecular flexibility index (Phi) is 6.63. The number of carbonyl (C=O) groups is 1. The van der Waals surface area contributed by atoms with E-state index in [0.29, 0.717) is 42.6 Å². The van der Waals surface area contributed by atoms with Gasteiger partial charge in [0.05, 0.1) is 17.5 Å². The third kappa shape index (κ3) is 5.02. The van der Waals surface area contributed by atoms with Gasteiger partial charge >= 0.3 is 0 Å². The molecule has 226 valence electrons. The predicted molar refractivity (Wildman–Crippen MR) is 173 cm³/mol. The molecule has 0 radical (unpaired) electrons. The van der Waals surface area contributed by atoms with Crippen LogP contribution < -0.4 is 10.6 Å². The summed E-state index contributed by atoms with van der Waals surface area (Å²) >= 11 is 0. The normalized spacial score (nSPS) is 15.6. The molecule has 2 aliphatic heterocycles. The Morgan fingerprint density at radius 3 is 2.62 bits per heavy atom. The lowest BCUT2D eigenvalue weighted by Crippen LogP contribution is -2.45. The van der Waals surface area contributed by atoms with E-state index in [-0.39, 0.29) is 5.91 Å². The summed E-state index contributed by atoms with van der Waals surface area (Å²) in [4.78, 5) is 40.8. The number of anilines is 2. The Morgan fingerprint density at radius 2 is 1.78 bits per heavy atom. The molecule has 2 aromatic carbocycles. The van der Waals surface area contributed by atoms with E-state index in [0.717, 1.165) is 71.3 Å². The molecule has 45 heavy (non-hydrogen) atoms. The molecular weight excluding hydrogens is 566 g/mol. The van der Waals surface area contributed by atoms with Crippen molar-refractivity contribution < 1.29 is 4.79 Å². The molecule has 0 unspecified atom stereocenters. The average Bonchev–Trinajstić information content (AvgIpc) is 3.70. The van der Waals surface area contributed by atoms with Gasteiger partial charge in [-0.2, -0.15) is 5.10 Å². The minimum Gasteiger partial charge on any atom is -0.383 e. The van der Waals surface area contributed by atoms with E-state index in [1.54, 1.807) is 12.4 Å². The summed E-state index contributed by atoms with van der Waals surface area (Å²) in [6.45, 7) is 5.45. The summed E-state index contributed by atoms with van der Waals surface area (Å²) in [6, 6.07) is 14.7. The Morgan fingerprint density at radius 1 is 0.933 bits per heavy atom. The van der Waals surface area contributed by atoms with E-state index in [9.17, 15) is 4.79 Å². The molecule has 12 nitrogen and oxygen atoms in total. The van der Waals surface area contributed by atoms with Crippen molar-refractivity contribution in [2.75, 3.05) is 50.4 Å². The van der Waals surface area contributed by atoms with Gasteiger partial charge < -0.3 is 25.4 Å². The van der Waals surface area contributed by atoms with Gasteiger partial charge in [-0.05, 0) is 48.4 Å². The molecule has 6 aromatic rings. The summed E-state index contributed by atoms with van der Waals surface area (Å²) in [5.74, 6) is 1.05. The van der Waals surface area contributed by atoms with Crippen molar-refractivity contribution in [2.24, 2.45) is 0 Å². The number of nitrogen functional groups attached to an aromatic ring is 1. The summed E-state index contributed by atoms with van der Waals surface area (Å²) in [6.07, 6.45) is 7.51. The molecule has 6 heterocycles. The highest BCUT2D eigenvalue weighted by Gasteiger charge is 2.24. The van der Waals surface area contributed by atoms with Gasteiger partial charge in [-0.25, -0.2) is 24.6 Å². The number of nitrogens with one attached hydrogen (secondary N) is 1. The zero-order chi connectivity index (χ0) is 30.5. The number of aromatic amines is 1. The van der Waals surface area contributed by atoms with E-state index in [4.69, 9.17) is 10.8 Å². The quantitative estimate of drug-likeness (QED) is 0.306. The van der Waals surface area contributed by atoms with Crippen molar-refractivity contribution in [3.63, 3.8) is 0 Å². The lowest BCUT2D eigenvalue weighted by molar-refractivity contribution is 0.0734. The number of rotatable bonds is 5. The molecule has 0 atom stereocenters. The molecule has 0 spiro atoms. The molecule has 0 bridgehead atoms. The van der Waals surface area contributed by atoms with E-state index >= 15 is 0 Å². The van der Waals surface area contributed by atoms with Crippen LogP contribution in [-0.4, -0.2) is 90.2 Å². The molecular formula is C33H33N11O. The second-order valence-electron chi connectivity index (χ2n) is 11.9. The van der Waals surface area contributed by atoms with Crippen molar-refractivity contribution >= 4 is 39.6 Å². The van der Waals surface area contributed by atoms with Gasteiger partial charge in [-0.1, -0.05) is 24.3 Å². The van der Waals surface area contributed by atoms with Crippen LogP contribution in [0.5, 0.6) is 0 Å². The summed E-state index contributed by atoms with van der Waals surface area (Å²) in [5, 5.41) is 6.83. The highest BCUT2D eigenvalue weighted by atomic mass is 16.2. The number of carbonyl (C=O) groups excluding carboxylic acids is 1. The van der Waals surface area contributed by atoms with Gasteiger partial charge in [-0.15, -0.1) is 0 Å². The van der Waals surface area contributed by atoms with Crippen LogP contribution in [0.1, 0.15) is 27.0 Å². The van der Waals surface area contributed by atoms with E-state index in [2.05, 4.69) is 66.0 Å². The van der Waals surface area contributed by atoms with Gasteiger partial charge in [0.15, 0.2) is 5.65 Å². The number of hydrogen-bond donors (Lipinski definition) is 2. The standard InChI is InChI=1S/C33H33N11O/c1-41-10-12-42(13-11-41)33-36-16-26(17-37-33)32(45)43-9-7-22-14-21(2-3-25(22)19-43)18-44-31-28(30(34)38-20-39-31)29(40-44)24-4-5-27-23(15-24)6-8-35-27/h2-6,8,14-17,20,35H,7,9-13,18-19H2,1H3,(H2,34,38,39). The van der Waals surface area contributed by atoms with Gasteiger partial charge in [0.1, 0.15) is 17.8 Å². The zero-order valence-electron chi connectivity index (χ0n) is 25.0. The summed E-state index contributed by atoms with van der Waals surface area (Å²) < 4.78 is 1.90. The third-order valence-electron chi connectivity index (χ3n) is 8.96. The highest BCUT2D eigenvalue weighted by Crippen LogP contribution is 2.32. The monoisotopic (exact) mass is 599 g/mol. The summed E-state index contributed by atoms with van der Waals surface area (Å²) in [5.41, 5.74) is 13.8. The van der Waals surface area contributed by atoms with Gasteiger partial charge in [0.25, 0.3) is 5.91 Å². The fourth-order valence-corrected chi connectivity index (χ4v) is 6.38. The first-order valence-electron chi connectivity index (χ1n) is 15.2. The molecule has 3 N–H and O–H groups in total. The number of hydrogen-bond acceptors (Lipinski definition) is 9. The molecule has 1 fully saturated rings. The number of H-pyrrole nitrogens is 1. The van der Waals surface area contributed by atoms with Crippen LogP contribution in [0.4, 0.5) is 11.8 Å².